The molecule has 250 valence electrons. The van der Waals surface area contributed by atoms with Gasteiger partial charge in [-0.25, -0.2) is 0 Å². The third kappa shape index (κ3) is 7.00. The molecule has 0 saturated carbocycles. The minimum absolute atomic E-state index is 0.106. The van der Waals surface area contributed by atoms with Gasteiger partial charge in [0.1, 0.15) is 6.10 Å². The number of rotatable bonds is 11. The maximum Gasteiger partial charge on any atom is 0.264 e. The van der Waals surface area contributed by atoms with Gasteiger partial charge in [-0.05, 0) is 61.5 Å². The van der Waals surface area contributed by atoms with Crippen LogP contribution in [-0.4, -0.2) is 66.6 Å². The van der Waals surface area contributed by atoms with Crippen molar-refractivity contribution in [2.75, 3.05) is 23.4 Å². The molecule has 0 unspecified atom stereocenters. The monoisotopic (exact) mass is 681 g/mol. The van der Waals surface area contributed by atoms with Gasteiger partial charge in [0.05, 0.1) is 31.4 Å². The molecular weight excluding hydrogens is 641 g/mol. The van der Waals surface area contributed by atoms with E-state index < -0.39 is 43.6 Å². The SMILES string of the molecule is C[C@H](O)C(=O)Nc1ccc(CN2C(=O)[C@]3(O[C@H](CC(=O)N(CCO)Cc4ccccc4)[C@@H]([Si](C)(C)F)[C@@H]3C)c3cc(Cl)ccc32)cc1. The lowest BCUT2D eigenvalue weighted by Gasteiger charge is -2.31. The van der Waals surface area contributed by atoms with Gasteiger partial charge >= 0.3 is 0 Å². The summed E-state index contributed by atoms with van der Waals surface area (Å²) in [6, 6.07) is 21.5. The number of aliphatic hydroxyl groups is 2. The van der Waals surface area contributed by atoms with Crippen LogP contribution in [-0.2, 0) is 37.8 Å². The number of hydrogen-bond acceptors (Lipinski definition) is 6. The van der Waals surface area contributed by atoms with Gasteiger partial charge in [-0.2, -0.15) is 0 Å². The van der Waals surface area contributed by atoms with Gasteiger partial charge in [-0.3, -0.25) is 14.4 Å². The van der Waals surface area contributed by atoms with E-state index in [9.17, 15) is 24.6 Å². The number of carbonyl (C=O) groups excluding carboxylic acids is 3. The van der Waals surface area contributed by atoms with E-state index in [1.54, 1.807) is 65.4 Å². The largest absolute Gasteiger partial charge is 0.395 e. The summed E-state index contributed by atoms with van der Waals surface area (Å²) in [4.78, 5) is 43.4. The van der Waals surface area contributed by atoms with Gasteiger partial charge in [0.2, 0.25) is 14.3 Å². The van der Waals surface area contributed by atoms with Crippen LogP contribution in [0.5, 0.6) is 0 Å². The van der Waals surface area contributed by atoms with Crippen molar-refractivity contribution < 1.29 is 33.4 Å². The van der Waals surface area contributed by atoms with Crippen molar-refractivity contribution >= 4 is 49.1 Å². The van der Waals surface area contributed by atoms with Crippen molar-refractivity contribution in [3.63, 3.8) is 0 Å². The predicted octanol–water partition coefficient (Wildman–Crippen LogP) is 5.39. The van der Waals surface area contributed by atoms with Crippen molar-refractivity contribution in [1.29, 1.82) is 0 Å². The van der Waals surface area contributed by atoms with Crippen molar-refractivity contribution in [3.05, 3.63) is 94.5 Å². The quantitative estimate of drug-likeness (QED) is 0.184. The molecule has 1 spiro atoms. The van der Waals surface area contributed by atoms with E-state index in [1.807, 2.05) is 37.3 Å². The van der Waals surface area contributed by atoms with Crippen LogP contribution in [0.4, 0.5) is 15.5 Å². The molecule has 12 heteroatoms. The zero-order valence-electron chi connectivity index (χ0n) is 27.0. The van der Waals surface area contributed by atoms with Gasteiger partial charge < -0.3 is 34.2 Å². The van der Waals surface area contributed by atoms with E-state index >= 15 is 4.11 Å². The first-order valence-electron chi connectivity index (χ1n) is 15.8. The molecular formula is C35H41ClFN3O6Si. The third-order valence-corrected chi connectivity index (χ3v) is 11.9. The Morgan fingerprint density at radius 2 is 1.79 bits per heavy atom. The molecule has 3 aromatic rings. The van der Waals surface area contributed by atoms with E-state index in [4.69, 9.17) is 16.3 Å². The Kier molecular flexibility index (Phi) is 10.2. The molecule has 47 heavy (non-hydrogen) atoms. The van der Waals surface area contributed by atoms with Gasteiger partial charge in [-0.15, -0.1) is 0 Å². The molecule has 0 aliphatic carbocycles. The average molecular weight is 682 g/mol. The summed E-state index contributed by atoms with van der Waals surface area (Å²) >= 11 is 6.48. The van der Waals surface area contributed by atoms with Gasteiger partial charge in [0.25, 0.3) is 11.8 Å². The Balaban J connectivity index is 1.46. The van der Waals surface area contributed by atoms with Crippen LogP contribution in [0.25, 0.3) is 0 Å². The number of aliphatic hydroxyl groups excluding tert-OH is 2. The molecule has 3 amide bonds. The maximum atomic E-state index is 16.3. The van der Waals surface area contributed by atoms with Crippen LogP contribution < -0.4 is 10.2 Å². The van der Waals surface area contributed by atoms with Crippen LogP contribution >= 0.6 is 11.6 Å². The van der Waals surface area contributed by atoms with Crippen molar-refractivity contribution in [1.82, 2.24) is 4.90 Å². The Morgan fingerprint density at radius 3 is 2.40 bits per heavy atom. The highest BCUT2D eigenvalue weighted by Gasteiger charge is 2.67. The molecule has 9 nitrogen and oxygen atoms in total. The molecule has 1 saturated heterocycles. The first-order valence-corrected chi connectivity index (χ1v) is 19.1. The zero-order chi connectivity index (χ0) is 34.1. The molecule has 3 aromatic carbocycles. The molecule has 2 aliphatic rings. The average Bonchev–Trinajstić information content (AvgIpc) is 3.44. The summed E-state index contributed by atoms with van der Waals surface area (Å²) in [6.45, 7) is 6.68. The van der Waals surface area contributed by atoms with E-state index in [0.29, 0.717) is 22.0 Å². The second-order valence-electron chi connectivity index (χ2n) is 12.9. The number of amides is 3. The number of anilines is 2. The van der Waals surface area contributed by atoms with Gasteiger partial charge in [0.15, 0.2) is 5.60 Å². The molecule has 5 atom stereocenters. The number of nitrogens with one attached hydrogen (secondary N) is 1. The second-order valence-corrected chi connectivity index (χ2v) is 17.1. The standard InChI is InChI=1S/C35H41ClFN3O6Si/c1-22-32(47(3,4)37)30(19-31(43)39(16-17-41)20-24-8-6-5-7-9-24)46-35(22)28-18-26(36)12-15-29(28)40(34(35)45)21-25-10-13-27(14-11-25)38-33(44)23(2)42/h5-15,18,22-23,30,32,41-42H,16-17,19-21H2,1-4H3,(H,38,44)/t22-,23-,30+,32-,35+/m0/s1. The summed E-state index contributed by atoms with van der Waals surface area (Å²) < 4.78 is 23.0. The van der Waals surface area contributed by atoms with E-state index in [2.05, 4.69) is 5.32 Å². The smallest absolute Gasteiger partial charge is 0.264 e. The molecule has 3 N–H and O–H groups in total. The normalized spacial score (nSPS) is 22.8. The fourth-order valence-corrected chi connectivity index (χ4v) is 9.68. The molecule has 5 rings (SSSR count). The van der Waals surface area contributed by atoms with Crippen LogP contribution in [0.1, 0.15) is 37.0 Å². The van der Waals surface area contributed by atoms with Crippen LogP contribution in [0, 0.1) is 5.92 Å². The fourth-order valence-electron chi connectivity index (χ4n) is 7.02. The lowest BCUT2D eigenvalue weighted by Crippen LogP contribution is -2.45. The lowest BCUT2D eigenvalue weighted by molar-refractivity contribution is -0.150. The Morgan fingerprint density at radius 1 is 1.11 bits per heavy atom. The summed E-state index contributed by atoms with van der Waals surface area (Å²) in [5.41, 5.74) is 1.04. The highest BCUT2D eigenvalue weighted by molar-refractivity contribution is 6.72. The maximum absolute atomic E-state index is 16.3. The topological polar surface area (TPSA) is 119 Å². The molecule has 0 aromatic heterocycles. The zero-order valence-corrected chi connectivity index (χ0v) is 28.7. The number of benzene rings is 3. The van der Waals surface area contributed by atoms with E-state index in [1.165, 1.54) is 6.92 Å². The Labute approximate surface area is 280 Å². The fraction of sp³-hybridized carbons (Fsp3) is 0.400. The molecule has 2 heterocycles. The Hall–Kier alpha value is -3.61. The molecule has 0 bridgehead atoms. The summed E-state index contributed by atoms with van der Waals surface area (Å²) in [6.07, 6.45) is -2.19. The van der Waals surface area contributed by atoms with Crippen molar-refractivity contribution in [3.8, 4) is 0 Å². The van der Waals surface area contributed by atoms with E-state index in [0.717, 1.165) is 11.1 Å². The number of hydrogen-bond donors (Lipinski definition) is 3. The summed E-state index contributed by atoms with van der Waals surface area (Å²) in [5, 5.41) is 22.3. The van der Waals surface area contributed by atoms with Crippen molar-refractivity contribution in [2.45, 2.75) is 69.8 Å². The Bertz CT molecular complexity index is 1620. The van der Waals surface area contributed by atoms with Gasteiger partial charge in [-0.1, -0.05) is 61.0 Å². The minimum atomic E-state index is -3.53. The summed E-state index contributed by atoms with van der Waals surface area (Å²) in [5.74, 6) is -1.80. The van der Waals surface area contributed by atoms with Crippen LogP contribution in [0.3, 0.4) is 0 Å². The van der Waals surface area contributed by atoms with Crippen LogP contribution in [0.2, 0.25) is 23.7 Å². The van der Waals surface area contributed by atoms with Gasteiger partial charge in [0, 0.05) is 40.8 Å². The summed E-state index contributed by atoms with van der Waals surface area (Å²) in [7, 11) is -3.53. The number of fused-ring (bicyclic) bond motifs is 2. The van der Waals surface area contributed by atoms with E-state index in [-0.39, 0.29) is 44.5 Å². The minimum Gasteiger partial charge on any atom is -0.395 e. The molecule has 0 radical (unpaired) electrons. The van der Waals surface area contributed by atoms with Crippen molar-refractivity contribution in [2.24, 2.45) is 5.92 Å². The highest BCUT2D eigenvalue weighted by Crippen LogP contribution is 2.60. The molecule has 2 aliphatic heterocycles. The lowest BCUT2D eigenvalue weighted by atomic mass is 9.82. The number of carbonyl (C=O) groups is 3. The van der Waals surface area contributed by atoms with Crippen LogP contribution in [0.15, 0.2) is 72.8 Å². The number of nitrogens with zero attached hydrogens (tertiary/aromatic N) is 2. The number of ether oxygens (including phenoxy) is 1. The highest BCUT2D eigenvalue weighted by atomic mass is 35.5. The first-order chi connectivity index (χ1) is 22.3. The number of halogens is 2. The first kappa shape index (κ1) is 34.7. The predicted molar refractivity (Wildman–Crippen MR) is 181 cm³/mol. The second kappa shape index (κ2) is 13.9. The third-order valence-electron chi connectivity index (χ3n) is 9.18. The molecule has 1 fully saturated rings.